The summed E-state index contributed by atoms with van der Waals surface area (Å²) in [7, 11) is 0. The number of nitrogens with zero attached hydrogens (tertiary/aromatic N) is 1. The molecule has 0 aliphatic carbocycles. The van der Waals surface area contributed by atoms with Gasteiger partial charge in [-0.2, -0.15) is 5.26 Å². The van der Waals surface area contributed by atoms with E-state index < -0.39 is 11.7 Å². The smallest absolute Gasteiger partial charge is 0.156 e. The lowest BCUT2D eigenvalue weighted by Gasteiger charge is -2.10. The number of nitriles is 1. The Hall–Kier alpha value is -1.69. The quantitative estimate of drug-likeness (QED) is 0.761. The highest BCUT2D eigenvalue weighted by molar-refractivity contribution is 5.89. The molecule has 0 fully saturated rings. The van der Waals surface area contributed by atoms with Gasteiger partial charge in [0.15, 0.2) is 5.78 Å². The van der Waals surface area contributed by atoms with E-state index in [1.807, 2.05) is 6.07 Å². The molecule has 1 aromatic rings. The van der Waals surface area contributed by atoms with Gasteiger partial charge in [0.2, 0.25) is 0 Å². The van der Waals surface area contributed by atoms with Crippen LogP contribution in [0.4, 0.5) is 4.39 Å². The molecule has 0 aliphatic heterocycles. The van der Waals surface area contributed by atoms with E-state index in [1.165, 1.54) is 18.2 Å². The third-order valence-electron chi connectivity index (χ3n) is 2.16. The summed E-state index contributed by atoms with van der Waals surface area (Å²) in [6.45, 7) is 3.46. The van der Waals surface area contributed by atoms with Crippen LogP contribution < -0.4 is 0 Å². The molecular weight excluding hydrogens is 193 g/mol. The van der Waals surface area contributed by atoms with Crippen LogP contribution in [0.3, 0.4) is 0 Å². The molecule has 0 radical (unpaired) electrons. The Morgan fingerprint density at radius 1 is 1.47 bits per heavy atom. The number of hydrogen-bond donors (Lipinski definition) is 0. The molecule has 1 atom stereocenters. The second-order valence-corrected chi connectivity index (χ2v) is 3.67. The van der Waals surface area contributed by atoms with Crippen molar-refractivity contribution in [2.24, 2.45) is 5.92 Å². The fraction of sp³-hybridized carbons (Fsp3) is 0.333. The van der Waals surface area contributed by atoms with Gasteiger partial charge in [0.1, 0.15) is 11.7 Å². The molecule has 0 aliphatic rings. The third-order valence-corrected chi connectivity index (χ3v) is 2.16. The summed E-state index contributed by atoms with van der Waals surface area (Å²) in [6, 6.07) is 7.53. The van der Waals surface area contributed by atoms with Gasteiger partial charge in [0.25, 0.3) is 0 Å². The molecule has 3 heteroatoms. The third kappa shape index (κ3) is 2.63. The maximum atomic E-state index is 12.9. The molecular formula is C12H12FNO. The van der Waals surface area contributed by atoms with Crippen molar-refractivity contribution in [1.82, 2.24) is 0 Å². The van der Waals surface area contributed by atoms with Crippen LogP contribution in [0.2, 0.25) is 0 Å². The minimum Gasteiger partial charge on any atom is -0.298 e. The van der Waals surface area contributed by atoms with Crippen molar-refractivity contribution in [2.75, 3.05) is 0 Å². The number of hydrogen-bond acceptors (Lipinski definition) is 2. The van der Waals surface area contributed by atoms with Crippen LogP contribution in [0, 0.1) is 23.1 Å². The lowest BCUT2D eigenvalue weighted by molar-refractivity contribution is -0.122. The lowest BCUT2D eigenvalue weighted by atomic mass is 9.90. The predicted molar refractivity (Wildman–Crippen MR) is 54.6 cm³/mol. The summed E-state index contributed by atoms with van der Waals surface area (Å²) >= 11 is 0. The molecule has 78 valence electrons. The molecule has 0 saturated heterocycles. The van der Waals surface area contributed by atoms with Crippen molar-refractivity contribution in [3.8, 4) is 6.07 Å². The number of carbonyl (C=O) groups excluding carboxylic acids is 1. The van der Waals surface area contributed by atoms with Crippen molar-refractivity contribution in [1.29, 1.82) is 5.26 Å². The molecule has 1 rings (SSSR count). The van der Waals surface area contributed by atoms with Gasteiger partial charge in [-0.25, -0.2) is 4.39 Å². The zero-order valence-corrected chi connectivity index (χ0v) is 8.70. The van der Waals surface area contributed by atoms with Crippen LogP contribution in [0.25, 0.3) is 0 Å². The molecule has 0 amide bonds. The average molecular weight is 205 g/mol. The minimum atomic E-state index is -0.860. The minimum absolute atomic E-state index is 0.178. The van der Waals surface area contributed by atoms with Crippen LogP contribution >= 0.6 is 0 Å². The Bertz CT molecular complexity index is 406. The van der Waals surface area contributed by atoms with E-state index in [2.05, 4.69) is 0 Å². The van der Waals surface area contributed by atoms with E-state index in [4.69, 9.17) is 5.26 Å². The van der Waals surface area contributed by atoms with Gasteiger partial charge in [-0.1, -0.05) is 26.0 Å². The SMILES string of the molecule is CC(C)C(=O)[C@@H](C#N)c1cccc(F)c1. The number of Topliss-reactive ketones (excluding diaryl/α,β-unsaturated/α-hetero) is 1. The second-order valence-electron chi connectivity index (χ2n) is 3.67. The zero-order valence-electron chi connectivity index (χ0n) is 8.70. The van der Waals surface area contributed by atoms with Crippen LogP contribution in [0.5, 0.6) is 0 Å². The number of carbonyl (C=O) groups is 1. The molecule has 15 heavy (non-hydrogen) atoms. The fourth-order valence-electron chi connectivity index (χ4n) is 1.32. The highest BCUT2D eigenvalue weighted by Gasteiger charge is 2.22. The molecule has 0 spiro atoms. The van der Waals surface area contributed by atoms with Gasteiger partial charge in [-0.15, -0.1) is 0 Å². The molecule has 0 saturated carbocycles. The van der Waals surface area contributed by atoms with Crippen LogP contribution in [-0.4, -0.2) is 5.78 Å². The van der Waals surface area contributed by atoms with E-state index in [1.54, 1.807) is 19.9 Å². The Labute approximate surface area is 88.3 Å². The van der Waals surface area contributed by atoms with E-state index in [9.17, 15) is 9.18 Å². The monoisotopic (exact) mass is 205 g/mol. The molecule has 2 nitrogen and oxygen atoms in total. The fourth-order valence-corrected chi connectivity index (χ4v) is 1.32. The molecule has 0 N–H and O–H groups in total. The zero-order chi connectivity index (χ0) is 11.4. The maximum Gasteiger partial charge on any atom is 0.156 e. The molecule has 0 heterocycles. The maximum absolute atomic E-state index is 12.9. The van der Waals surface area contributed by atoms with Gasteiger partial charge >= 0.3 is 0 Å². The number of halogens is 1. The number of ketones is 1. The molecule has 0 unspecified atom stereocenters. The molecule has 0 bridgehead atoms. The van der Waals surface area contributed by atoms with Crippen LogP contribution in [0.1, 0.15) is 25.3 Å². The first-order valence-corrected chi connectivity index (χ1v) is 4.75. The topological polar surface area (TPSA) is 40.9 Å². The van der Waals surface area contributed by atoms with Crippen molar-refractivity contribution >= 4 is 5.78 Å². The van der Waals surface area contributed by atoms with Gasteiger partial charge in [-0.3, -0.25) is 4.79 Å². The summed E-state index contributed by atoms with van der Waals surface area (Å²) in [5, 5.41) is 8.90. The Morgan fingerprint density at radius 2 is 2.13 bits per heavy atom. The molecule has 0 aromatic heterocycles. The summed E-state index contributed by atoms with van der Waals surface area (Å²) in [5.74, 6) is -1.69. The van der Waals surface area contributed by atoms with E-state index >= 15 is 0 Å². The van der Waals surface area contributed by atoms with Crippen LogP contribution in [0.15, 0.2) is 24.3 Å². The summed E-state index contributed by atoms with van der Waals surface area (Å²) in [4.78, 5) is 11.6. The first-order valence-electron chi connectivity index (χ1n) is 4.75. The second kappa shape index (κ2) is 4.70. The molecule has 1 aromatic carbocycles. The summed E-state index contributed by atoms with van der Waals surface area (Å²) < 4.78 is 12.9. The first-order chi connectivity index (χ1) is 7.06. The van der Waals surface area contributed by atoms with E-state index in [0.717, 1.165) is 0 Å². The van der Waals surface area contributed by atoms with Crippen molar-refractivity contribution in [2.45, 2.75) is 19.8 Å². The Balaban J connectivity index is 3.04. The van der Waals surface area contributed by atoms with Gasteiger partial charge in [0, 0.05) is 5.92 Å². The lowest BCUT2D eigenvalue weighted by Crippen LogP contribution is -2.16. The highest BCUT2D eigenvalue weighted by atomic mass is 19.1. The van der Waals surface area contributed by atoms with E-state index in [0.29, 0.717) is 5.56 Å². The highest BCUT2D eigenvalue weighted by Crippen LogP contribution is 2.20. The average Bonchev–Trinajstić information content (AvgIpc) is 2.18. The summed E-state index contributed by atoms with van der Waals surface area (Å²) in [6.07, 6.45) is 0. The standard InChI is InChI=1S/C12H12FNO/c1-8(2)12(15)11(7-14)9-4-3-5-10(13)6-9/h3-6,8,11H,1-2H3/t11-/m0/s1. The first kappa shape index (κ1) is 11.4. The number of rotatable bonds is 3. The van der Waals surface area contributed by atoms with Crippen molar-refractivity contribution in [3.63, 3.8) is 0 Å². The van der Waals surface area contributed by atoms with E-state index in [-0.39, 0.29) is 11.7 Å². The Kier molecular flexibility index (Phi) is 3.56. The normalized spacial score (nSPS) is 12.2. The Morgan fingerprint density at radius 3 is 2.60 bits per heavy atom. The number of benzene rings is 1. The predicted octanol–water partition coefficient (Wildman–Crippen LogP) is 2.66. The van der Waals surface area contributed by atoms with Crippen molar-refractivity contribution < 1.29 is 9.18 Å². The van der Waals surface area contributed by atoms with Gasteiger partial charge < -0.3 is 0 Å². The van der Waals surface area contributed by atoms with Crippen LogP contribution in [-0.2, 0) is 4.79 Å². The summed E-state index contributed by atoms with van der Waals surface area (Å²) in [5.41, 5.74) is 0.427. The van der Waals surface area contributed by atoms with Gasteiger partial charge in [0.05, 0.1) is 6.07 Å². The van der Waals surface area contributed by atoms with Crippen molar-refractivity contribution in [3.05, 3.63) is 35.6 Å². The largest absolute Gasteiger partial charge is 0.298 e. The van der Waals surface area contributed by atoms with Gasteiger partial charge in [-0.05, 0) is 17.7 Å².